The van der Waals surface area contributed by atoms with E-state index in [-0.39, 0.29) is 40.5 Å². The van der Waals surface area contributed by atoms with Crippen LogP contribution in [0.1, 0.15) is 41.1 Å². The van der Waals surface area contributed by atoms with E-state index >= 15 is 0 Å². The molecule has 1 aromatic heterocycles. The van der Waals surface area contributed by atoms with Crippen molar-refractivity contribution in [2.75, 3.05) is 12.3 Å². The topological polar surface area (TPSA) is 102 Å². The van der Waals surface area contributed by atoms with E-state index in [0.29, 0.717) is 11.5 Å². The van der Waals surface area contributed by atoms with E-state index in [1.165, 1.54) is 0 Å². The molecule has 6 nitrogen and oxygen atoms in total. The molecular formula is C14H16N2O4S. The Morgan fingerprint density at radius 1 is 1.48 bits per heavy atom. The number of rotatable bonds is 5. The van der Waals surface area contributed by atoms with Gasteiger partial charge in [-0.05, 0) is 19.3 Å². The van der Waals surface area contributed by atoms with Crippen LogP contribution in [0.5, 0.6) is 0 Å². The standard InChI is InChI=1S/C14H16N2O4S/c1-3-19-14(18)11-10(9(5-15)12(16)21-11)6-20-13(17)8-4-7(8)2/h7-8H,3-4,6,16H2,1-2H3/t7-,8-/m0/s1. The number of hydrogen-bond donors (Lipinski definition) is 1. The van der Waals surface area contributed by atoms with E-state index in [4.69, 9.17) is 20.5 Å². The molecule has 2 N–H and O–H groups in total. The summed E-state index contributed by atoms with van der Waals surface area (Å²) in [7, 11) is 0. The second-order valence-corrected chi connectivity index (χ2v) is 5.96. The van der Waals surface area contributed by atoms with Crippen LogP contribution < -0.4 is 5.73 Å². The average Bonchev–Trinajstić information content (AvgIpc) is 3.08. The minimum Gasteiger partial charge on any atom is -0.462 e. The smallest absolute Gasteiger partial charge is 0.348 e. The Hall–Kier alpha value is -2.07. The molecule has 1 aliphatic rings. The fourth-order valence-electron chi connectivity index (χ4n) is 2.01. The SMILES string of the molecule is CCOC(=O)c1sc(N)c(C#N)c1COC(=O)[C@H]1C[C@@H]1C. The number of carbonyl (C=O) groups is 2. The monoisotopic (exact) mass is 308 g/mol. The Labute approximate surface area is 126 Å². The summed E-state index contributed by atoms with van der Waals surface area (Å²) in [4.78, 5) is 23.9. The van der Waals surface area contributed by atoms with E-state index in [0.717, 1.165) is 17.8 Å². The van der Waals surface area contributed by atoms with Crippen LogP contribution >= 0.6 is 11.3 Å². The summed E-state index contributed by atoms with van der Waals surface area (Å²) in [6.07, 6.45) is 0.820. The second kappa shape index (κ2) is 6.14. The van der Waals surface area contributed by atoms with Crippen LogP contribution in [0.4, 0.5) is 5.00 Å². The number of nitrogens with two attached hydrogens (primary N) is 1. The third kappa shape index (κ3) is 3.16. The minimum absolute atomic E-state index is 0.0717. The lowest BCUT2D eigenvalue weighted by atomic mass is 10.1. The molecule has 1 aromatic rings. The molecule has 21 heavy (non-hydrogen) atoms. The normalized spacial score (nSPS) is 19.7. The van der Waals surface area contributed by atoms with Crippen LogP contribution in [-0.4, -0.2) is 18.5 Å². The Morgan fingerprint density at radius 3 is 2.67 bits per heavy atom. The molecule has 1 aliphatic carbocycles. The molecule has 112 valence electrons. The highest BCUT2D eigenvalue weighted by molar-refractivity contribution is 7.18. The third-order valence-corrected chi connectivity index (χ3v) is 4.42. The van der Waals surface area contributed by atoms with Gasteiger partial charge < -0.3 is 15.2 Å². The summed E-state index contributed by atoms with van der Waals surface area (Å²) in [5.74, 6) is -0.588. The first-order valence-electron chi connectivity index (χ1n) is 6.64. The molecule has 0 spiro atoms. The van der Waals surface area contributed by atoms with Gasteiger partial charge in [-0.25, -0.2) is 4.79 Å². The zero-order valence-corrected chi connectivity index (χ0v) is 12.7. The third-order valence-electron chi connectivity index (χ3n) is 3.38. The van der Waals surface area contributed by atoms with Crippen molar-refractivity contribution in [2.24, 2.45) is 11.8 Å². The highest BCUT2D eigenvalue weighted by atomic mass is 32.1. The van der Waals surface area contributed by atoms with Crippen LogP contribution in [0.3, 0.4) is 0 Å². The maximum atomic E-state index is 11.9. The number of nitriles is 1. The van der Waals surface area contributed by atoms with Crippen molar-refractivity contribution in [3.05, 3.63) is 16.0 Å². The summed E-state index contributed by atoms with van der Waals surface area (Å²) in [6.45, 7) is 3.75. The average molecular weight is 308 g/mol. The van der Waals surface area contributed by atoms with Crippen molar-refractivity contribution in [3.63, 3.8) is 0 Å². The van der Waals surface area contributed by atoms with Crippen LogP contribution in [0, 0.1) is 23.2 Å². The van der Waals surface area contributed by atoms with Crippen molar-refractivity contribution >= 4 is 28.3 Å². The van der Waals surface area contributed by atoms with Crippen LogP contribution in [0.25, 0.3) is 0 Å². The largest absolute Gasteiger partial charge is 0.462 e. The summed E-state index contributed by atoms with van der Waals surface area (Å²) >= 11 is 0.979. The zero-order chi connectivity index (χ0) is 15.6. The highest BCUT2D eigenvalue weighted by Crippen LogP contribution is 2.39. The first-order chi connectivity index (χ1) is 9.99. The predicted octanol–water partition coefficient (Wildman–Crippen LogP) is 2.08. The Balaban J connectivity index is 2.17. The van der Waals surface area contributed by atoms with Gasteiger partial charge >= 0.3 is 11.9 Å². The number of carbonyl (C=O) groups excluding carboxylic acids is 2. The maximum Gasteiger partial charge on any atom is 0.348 e. The number of ether oxygens (including phenoxy) is 2. The number of nitrogen functional groups attached to an aromatic ring is 1. The summed E-state index contributed by atoms with van der Waals surface area (Å²) < 4.78 is 10.1. The quantitative estimate of drug-likeness (QED) is 0.835. The first-order valence-corrected chi connectivity index (χ1v) is 7.46. The zero-order valence-electron chi connectivity index (χ0n) is 11.8. The van der Waals surface area contributed by atoms with Crippen LogP contribution in [0.2, 0.25) is 0 Å². The van der Waals surface area contributed by atoms with Gasteiger partial charge in [-0.15, -0.1) is 11.3 Å². The van der Waals surface area contributed by atoms with Gasteiger partial charge in [0.2, 0.25) is 0 Å². The van der Waals surface area contributed by atoms with Gasteiger partial charge in [0.1, 0.15) is 22.6 Å². The van der Waals surface area contributed by atoms with E-state index in [1.54, 1.807) is 6.92 Å². The second-order valence-electron chi connectivity index (χ2n) is 4.91. The molecule has 0 aliphatic heterocycles. The number of thiophene rings is 1. The van der Waals surface area contributed by atoms with Gasteiger partial charge in [0.05, 0.1) is 18.1 Å². The van der Waals surface area contributed by atoms with Gasteiger partial charge in [-0.1, -0.05) is 6.92 Å². The molecule has 7 heteroatoms. The van der Waals surface area contributed by atoms with Crippen molar-refractivity contribution in [1.29, 1.82) is 5.26 Å². The lowest BCUT2D eigenvalue weighted by molar-refractivity contribution is -0.146. The highest BCUT2D eigenvalue weighted by Gasteiger charge is 2.40. The molecule has 0 radical (unpaired) electrons. The van der Waals surface area contributed by atoms with Gasteiger partial charge in [0.25, 0.3) is 0 Å². The summed E-state index contributed by atoms with van der Waals surface area (Å²) in [5, 5.41) is 9.37. The molecule has 0 unspecified atom stereocenters. The van der Waals surface area contributed by atoms with Crippen LogP contribution in [-0.2, 0) is 20.9 Å². The maximum absolute atomic E-state index is 11.9. The fourth-order valence-corrected chi connectivity index (χ4v) is 2.92. The minimum atomic E-state index is -0.554. The van der Waals surface area contributed by atoms with E-state index in [9.17, 15) is 9.59 Å². The molecule has 2 atom stereocenters. The molecule has 0 aromatic carbocycles. The molecule has 1 fully saturated rings. The number of esters is 2. The molecule has 2 rings (SSSR count). The molecular weight excluding hydrogens is 292 g/mol. The molecule has 0 saturated heterocycles. The summed E-state index contributed by atoms with van der Waals surface area (Å²) in [5.41, 5.74) is 6.25. The van der Waals surface area contributed by atoms with Crippen molar-refractivity contribution in [2.45, 2.75) is 26.9 Å². The van der Waals surface area contributed by atoms with Crippen LogP contribution in [0.15, 0.2) is 0 Å². The Morgan fingerprint density at radius 2 is 2.14 bits per heavy atom. The lowest BCUT2D eigenvalue weighted by Crippen LogP contribution is -2.11. The molecule has 0 bridgehead atoms. The number of anilines is 1. The number of nitrogens with zero attached hydrogens (tertiary/aromatic N) is 1. The van der Waals surface area contributed by atoms with E-state index in [2.05, 4.69) is 0 Å². The van der Waals surface area contributed by atoms with Gasteiger partial charge in [0, 0.05) is 5.56 Å². The first kappa shape index (κ1) is 15.3. The molecule has 1 saturated carbocycles. The van der Waals surface area contributed by atoms with Gasteiger partial charge in [0.15, 0.2) is 0 Å². The Kier molecular flexibility index (Phi) is 4.48. The lowest BCUT2D eigenvalue weighted by Gasteiger charge is -2.06. The number of hydrogen-bond acceptors (Lipinski definition) is 7. The van der Waals surface area contributed by atoms with Crippen molar-refractivity contribution in [3.8, 4) is 6.07 Å². The van der Waals surface area contributed by atoms with Gasteiger partial charge in [-0.2, -0.15) is 5.26 Å². The Bertz CT molecular complexity index is 617. The van der Waals surface area contributed by atoms with Crippen molar-refractivity contribution in [1.82, 2.24) is 0 Å². The molecule has 0 amide bonds. The molecule has 1 heterocycles. The van der Waals surface area contributed by atoms with Gasteiger partial charge in [-0.3, -0.25) is 4.79 Å². The van der Waals surface area contributed by atoms with E-state index < -0.39 is 5.97 Å². The van der Waals surface area contributed by atoms with Crippen molar-refractivity contribution < 1.29 is 19.1 Å². The predicted molar refractivity (Wildman–Crippen MR) is 76.5 cm³/mol. The fraction of sp³-hybridized carbons (Fsp3) is 0.500. The summed E-state index contributed by atoms with van der Waals surface area (Å²) in [6, 6.07) is 1.94. The van der Waals surface area contributed by atoms with E-state index in [1.807, 2.05) is 13.0 Å².